The number of hydrogen-bond acceptors (Lipinski definition) is 3. The fourth-order valence-corrected chi connectivity index (χ4v) is 3.31. The molecule has 90 valence electrons. The lowest BCUT2D eigenvalue weighted by atomic mass is 10.3. The highest BCUT2D eigenvalue weighted by molar-refractivity contribution is 7.86. The molecule has 0 unspecified atom stereocenters. The third-order valence-corrected chi connectivity index (χ3v) is 5.11. The van der Waals surface area contributed by atoms with Crippen molar-refractivity contribution in [1.29, 1.82) is 0 Å². The number of rotatable bonds is 3. The van der Waals surface area contributed by atoms with E-state index in [-0.39, 0.29) is 12.1 Å². The molecule has 0 aromatic carbocycles. The fourth-order valence-electron chi connectivity index (χ4n) is 1.60. The topological polar surface area (TPSA) is 52.7 Å². The summed E-state index contributed by atoms with van der Waals surface area (Å²) in [6.45, 7) is 7.70. The van der Waals surface area contributed by atoms with Crippen LogP contribution in [0.2, 0.25) is 0 Å². The van der Waals surface area contributed by atoms with Crippen LogP contribution in [0.4, 0.5) is 0 Å². The van der Waals surface area contributed by atoms with Crippen molar-refractivity contribution >= 4 is 10.2 Å². The zero-order valence-corrected chi connectivity index (χ0v) is 10.7. The molecule has 1 atom stereocenters. The molecule has 1 aliphatic rings. The highest BCUT2D eigenvalue weighted by Gasteiger charge is 2.33. The van der Waals surface area contributed by atoms with Crippen LogP contribution in [0.1, 0.15) is 20.8 Å². The summed E-state index contributed by atoms with van der Waals surface area (Å²) in [6.07, 6.45) is 0. The van der Waals surface area contributed by atoms with E-state index < -0.39 is 10.2 Å². The van der Waals surface area contributed by atoms with Crippen LogP contribution in [0.25, 0.3) is 0 Å². The molecule has 15 heavy (non-hydrogen) atoms. The predicted molar refractivity (Wildman–Crippen MR) is 60.9 cm³/mol. The molecule has 5 nitrogen and oxygen atoms in total. The first-order valence-corrected chi connectivity index (χ1v) is 6.72. The van der Waals surface area contributed by atoms with Crippen LogP contribution in [-0.4, -0.2) is 55.8 Å². The van der Waals surface area contributed by atoms with E-state index in [1.807, 2.05) is 20.8 Å². The summed E-state index contributed by atoms with van der Waals surface area (Å²) < 4.78 is 27.3. The van der Waals surface area contributed by atoms with Gasteiger partial charge in [-0.2, -0.15) is 17.0 Å². The van der Waals surface area contributed by atoms with Crippen molar-refractivity contribution in [2.24, 2.45) is 0 Å². The molecule has 1 saturated heterocycles. The van der Waals surface area contributed by atoms with Gasteiger partial charge in [0.2, 0.25) is 0 Å². The Hall–Kier alpha value is -0.170. The Morgan fingerprint density at radius 2 is 2.07 bits per heavy atom. The summed E-state index contributed by atoms with van der Waals surface area (Å²) in [7, 11) is -1.65. The third-order valence-electron chi connectivity index (χ3n) is 2.83. The van der Waals surface area contributed by atoms with Crippen molar-refractivity contribution in [2.45, 2.75) is 32.9 Å². The number of piperazine rings is 1. The second kappa shape index (κ2) is 4.78. The van der Waals surface area contributed by atoms with Gasteiger partial charge in [-0.1, -0.05) is 0 Å². The normalized spacial score (nSPS) is 25.1. The third kappa shape index (κ3) is 2.69. The lowest BCUT2D eigenvalue weighted by Gasteiger charge is -2.36. The minimum atomic E-state index is -3.28. The molecule has 1 heterocycles. The van der Waals surface area contributed by atoms with Gasteiger partial charge < -0.3 is 5.32 Å². The van der Waals surface area contributed by atoms with Gasteiger partial charge >= 0.3 is 0 Å². The average molecular weight is 235 g/mol. The molecule has 1 N–H and O–H groups in total. The molecule has 0 aromatic heterocycles. The van der Waals surface area contributed by atoms with Crippen LogP contribution in [0, 0.1) is 0 Å². The highest BCUT2D eigenvalue weighted by Crippen LogP contribution is 2.14. The molecule has 0 aliphatic carbocycles. The molecule has 0 aromatic rings. The zero-order chi connectivity index (χ0) is 11.6. The first-order valence-electron chi connectivity index (χ1n) is 5.33. The maximum Gasteiger partial charge on any atom is 0.282 e. The maximum absolute atomic E-state index is 12.2. The first-order chi connectivity index (χ1) is 6.87. The summed E-state index contributed by atoms with van der Waals surface area (Å²) in [5, 5.41) is 3.18. The van der Waals surface area contributed by atoms with Crippen molar-refractivity contribution in [3.05, 3.63) is 0 Å². The number of hydrogen-bond donors (Lipinski definition) is 1. The van der Waals surface area contributed by atoms with Gasteiger partial charge in [0, 0.05) is 38.8 Å². The standard InChI is InChI=1S/C9H21N3O2S/c1-8(2)11(4)15(13,14)12-6-5-10-7-9(12)3/h8-10H,5-7H2,1-4H3/t9-/m1/s1. The second-order valence-electron chi connectivity index (χ2n) is 4.28. The smallest absolute Gasteiger partial charge is 0.282 e. The van der Waals surface area contributed by atoms with Gasteiger partial charge in [-0.15, -0.1) is 0 Å². The van der Waals surface area contributed by atoms with Gasteiger partial charge in [-0.3, -0.25) is 0 Å². The average Bonchev–Trinajstić information content (AvgIpc) is 2.16. The van der Waals surface area contributed by atoms with Crippen LogP contribution < -0.4 is 5.32 Å². The van der Waals surface area contributed by atoms with E-state index in [1.165, 1.54) is 4.31 Å². The van der Waals surface area contributed by atoms with Gasteiger partial charge in [0.15, 0.2) is 0 Å². The Morgan fingerprint density at radius 3 is 2.53 bits per heavy atom. The maximum atomic E-state index is 12.2. The van der Waals surface area contributed by atoms with Crippen molar-refractivity contribution in [1.82, 2.24) is 13.9 Å². The Kier molecular flexibility index (Phi) is 4.11. The molecule has 0 bridgehead atoms. The van der Waals surface area contributed by atoms with E-state index in [0.717, 1.165) is 13.1 Å². The van der Waals surface area contributed by atoms with Crippen molar-refractivity contribution < 1.29 is 8.42 Å². The molecule has 0 spiro atoms. The van der Waals surface area contributed by atoms with E-state index in [2.05, 4.69) is 5.32 Å². The molecule has 1 aliphatic heterocycles. The summed E-state index contributed by atoms with van der Waals surface area (Å²) in [6, 6.07) is 0.0297. The molecule has 1 fully saturated rings. The predicted octanol–water partition coefficient (Wildman–Crippen LogP) is -0.135. The Morgan fingerprint density at radius 1 is 1.47 bits per heavy atom. The molecule has 6 heteroatoms. The first kappa shape index (κ1) is 12.9. The quantitative estimate of drug-likeness (QED) is 0.741. The Balaban J connectivity index is 2.84. The summed E-state index contributed by atoms with van der Waals surface area (Å²) in [5.74, 6) is 0. The van der Waals surface area contributed by atoms with Crippen LogP contribution in [0.15, 0.2) is 0 Å². The Bertz CT molecular complexity index is 302. The lowest BCUT2D eigenvalue weighted by molar-refractivity contribution is 0.256. The molecular weight excluding hydrogens is 214 g/mol. The SMILES string of the molecule is CC(C)N(C)S(=O)(=O)N1CCNC[C@H]1C. The number of nitrogens with one attached hydrogen (secondary N) is 1. The van der Waals surface area contributed by atoms with Gasteiger partial charge in [-0.25, -0.2) is 0 Å². The fraction of sp³-hybridized carbons (Fsp3) is 1.00. The van der Waals surface area contributed by atoms with E-state index in [4.69, 9.17) is 0 Å². The van der Waals surface area contributed by atoms with E-state index in [0.29, 0.717) is 6.54 Å². The summed E-state index contributed by atoms with van der Waals surface area (Å²) in [5.41, 5.74) is 0. The highest BCUT2D eigenvalue weighted by atomic mass is 32.2. The van der Waals surface area contributed by atoms with Crippen LogP contribution in [0.3, 0.4) is 0 Å². The second-order valence-corrected chi connectivity index (χ2v) is 6.22. The number of nitrogens with zero attached hydrogens (tertiary/aromatic N) is 2. The Labute approximate surface area is 92.6 Å². The van der Waals surface area contributed by atoms with E-state index >= 15 is 0 Å². The molecular formula is C9H21N3O2S. The van der Waals surface area contributed by atoms with Crippen LogP contribution >= 0.6 is 0 Å². The van der Waals surface area contributed by atoms with Gasteiger partial charge in [-0.05, 0) is 20.8 Å². The zero-order valence-electron chi connectivity index (χ0n) is 9.90. The minimum absolute atomic E-state index is 0.00270. The van der Waals surface area contributed by atoms with Crippen LogP contribution in [0.5, 0.6) is 0 Å². The van der Waals surface area contributed by atoms with Crippen molar-refractivity contribution in [2.75, 3.05) is 26.7 Å². The largest absolute Gasteiger partial charge is 0.314 e. The van der Waals surface area contributed by atoms with Gasteiger partial charge in [0.05, 0.1) is 0 Å². The van der Waals surface area contributed by atoms with Crippen LogP contribution in [-0.2, 0) is 10.2 Å². The van der Waals surface area contributed by atoms with Crippen molar-refractivity contribution in [3.8, 4) is 0 Å². The summed E-state index contributed by atoms with van der Waals surface area (Å²) in [4.78, 5) is 0. The van der Waals surface area contributed by atoms with Crippen molar-refractivity contribution in [3.63, 3.8) is 0 Å². The molecule has 0 amide bonds. The van der Waals surface area contributed by atoms with E-state index in [1.54, 1.807) is 11.4 Å². The van der Waals surface area contributed by atoms with Gasteiger partial charge in [0.25, 0.3) is 10.2 Å². The molecule has 1 rings (SSSR count). The lowest BCUT2D eigenvalue weighted by Crippen LogP contribution is -2.56. The minimum Gasteiger partial charge on any atom is -0.314 e. The molecule has 0 radical (unpaired) electrons. The summed E-state index contributed by atoms with van der Waals surface area (Å²) >= 11 is 0. The van der Waals surface area contributed by atoms with Gasteiger partial charge in [0.1, 0.15) is 0 Å². The van der Waals surface area contributed by atoms with E-state index in [9.17, 15) is 8.42 Å². The molecule has 0 saturated carbocycles. The monoisotopic (exact) mass is 235 g/mol.